The molecule has 1 saturated heterocycles. The Morgan fingerprint density at radius 2 is 1.88 bits per heavy atom. The van der Waals surface area contributed by atoms with Crippen LogP contribution in [-0.2, 0) is 14.3 Å². The number of unbranched alkanes of at least 4 members (excludes halogenated alkanes) is 3. The van der Waals surface area contributed by atoms with Crippen molar-refractivity contribution in [3.05, 3.63) is 0 Å². The lowest BCUT2D eigenvalue weighted by Gasteiger charge is -2.17. The van der Waals surface area contributed by atoms with Gasteiger partial charge in [-0.05, 0) is 12.3 Å². The summed E-state index contributed by atoms with van der Waals surface area (Å²) in [5.41, 5.74) is 0. The Hall–Kier alpha value is -0.860. The number of hydrogen-bond acceptors (Lipinski definition) is 3. The highest BCUT2D eigenvalue weighted by atomic mass is 16.6. The van der Waals surface area contributed by atoms with Crippen molar-refractivity contribution < 1.29 is 14.3 Å². The van der Waals surface area contributed by atoms with Gasteiger partial charge in [-0.25, -0.2) is 0 Å². The molecule has 0 aliphatic carbocycles. The highest BCUT2D eigenvalue weighted by Crippen LogP contribution is 2.32. The Bertz CT molecular complexity index is 260. The molecule has 3 unspecified atom stereocenters. The van der Waals surface area contributed by atoms with Crippen molar-refractivity contribution in [2.24, 2.45) is 17.8 Å². The topological polar surface area (TPSA) is 43.4 Å². The van der Waals surface area contributed by atoms with Crippen molar-refractivity contribution in [2.75, 3.05) is 0 Å². The van der Waals surface area contributed by atoms with E-state index < -0.39 is 0 Å². The molecule has 1 heterocycles. The van der Waals surface area contributed by atoms with Gasteiger partial charge < -0.3 is 4.74 Å². The smallest absolute Gasteiger partial charge is 0.317 e. The van der Waals surface area contributed by atoms with E-state index in [9.17, 15) is 9.59 Å². The molecule has 0 aromatic heterocycles. The third kappa shape index (κ3) is 3.06. The molecule has 92 valence electrons. The van der Waals surface area contributed by atoms with Crippen LogP contribution in [0, 0.1) is 17.8 Å². The van der Waals surface area contributed by atoms with E-state index in [1.165, 1.54) is 19.3 Å². The van der Waals surface area contributed by atoms with Gasteiger partial charge in [-0.3, -0.25) is 9.59 Å². The van der Waals surface area contributed by atoms with Gasteiger partial charge >= 0.3 is 11.9 Å². The van der Waals surface area contributed by atoms with Crippen LogP contribution in [0.25, 0.3) is 0 Å². The summed E-state index contributed by atoms with van der Waals surface area (Å²) in [4.78, 5) is 22.7. The van der Waals surface area contributed by atoms with Crippen LogP contribution >= 0.6 is 0 Å². The predicted octanol–water partition coefficient (Wildman–Crippen LogP) is 2.93. The summed E-state index contributed by atoms with van der Waals surface area (Å²) in [5, 5.41) is 0. The fraction of sp³-hybridized carbons (Fsp3) is 0.846. The molecule has 1 aliphatic rings. The second-order valence-corrected chi connectivity index (χ2v) is 4.88. The number of carbonyl (C=O) groups excluding carboxylic acids is 2. The summed E-state index contributed by atoms with van der Waals surface area (Å²) in [5.74, 6) is -0.885. The van der Waals surface area contributed by atoms with Crippen LogP contribution < -0.4 is 0 Å². The normalized spacial score (nSPS) is 26.9. The maximum absolute atomic E-state index is 11.5. The minimum absolute atomic E-state index is 0.214. The van der Waals surface area contributed by atoms with Gasteiger partial charge in [0, 0.05) is 0 Å². The van der Waals surface area contributed by atoms with E-state index in [-0.39, 0.29) is 29.7 Å². The summed E-state index contributed by atoms with van der Waals surface area (Å²) < 4.78 is 4.66. The average molecular weight is 226 g/mol. The summed E-state index contributed by atoms with van der Waals surface area (Å²) in [6.45, 7) is 6.02. The van der Waals surface area contributed by atoms with Gasteiger partial charge in [-0.1, -0.05) is 46.5 Å². The standard InChI is InChI=1S/C13H22O3/c1-4-5-6-7-8-9(2)11-10(3)12(14)16-13(11)15/h9-11H,4-8H2,1-3H3. The Balaban J connectivity index is 2.38. The quantitative estimate of drug-likeness (QED) is 0.397. The zero-order valence-corrected chi connectivity index (χ0v) is 10.5. The van der Waals surface area contributed by atoms with Gasteiger partial charge in [0.2, 0.25) is 0 Å². The molecule has 1 aliphatic heterocycles. The lowest BCUT2D eigenvalue weighted by atomic mass is 9.82. The molecule has 0 aromatic carbocycles. The molecule has 3 atom stereocenters. The number of hydrogen-bond donors (Lipinski definition) is 0. The number of ether oxygens (including phenoxy) is 1. The third-order valence-electron chi connectivity index (χ3n) is 3.51. The molecule has 1 rings (SSSR count). The number of carbonyl (C=O) groups is 2. The molecule has 0 bridgehead atoms. The van der Waals surface area contributed by atoms with Crippen LogP contribution in [0.15, 0.2) is 0 Å². The number of rotatable bonds is 6. The Labute approximate surface area is 97.5 Å². The second kappa shape index (κ2) is 6.02. The van der Waals surface area contributed by atoms with E-state index in [0.29, 0.717) is 0 Å². The van der Waals surface area contributed by atoms with Gasteiger partial charge in [-0.2, -0.15) is 0 Å². The molecule has 0 amide bonds. The first-order valence-electron chi connectivity index (χ1n) is 6.33. The van der Waals surface area contributed by atoms with Crippen LogP contribution in [-0.4, -0.2) is 11.9 Å². The molecule has 3 nitrogen and oxygen atoms in total. The van der Waals surface area contributed by atoms with Crippen LogP contribution in [0.2, 0.25) is 0 Å². The average Bonchev–Trinajstić information content (AvgIpc) is 2.48. The first-order valence-corrected chi connectivity index (χ1v) is 6.33. The largest absolute Gasteiger partial charge is 0.393 e. The van der Waals surface area contributed by atoms with Crippen LogP contribution in [0.3, 0.4) is 0 Å². The lowest BCUT2D eigenvalue weighted by molar-refractivity contribution is -0.154. The van der Waals surface area contributed by atoms with E-state index in [0.717, 1.165) is 12.8 Å². The summed E-state index contributed by atoms with van der Waals surface area (Å²) in [6.07, 6.45) is 5.83. The van der Waals surface area contributed by atoms with E-state index >= 15 is 0 Å². The van der Waals surface area contributed by atoms with Crippen molar-refractivity contribution in [1.29, 1.82) is 0 Å². The molecular weight excluding hydrogens is 204 g/mol. The first kappa shape index (κ1) is 13.2. The minimum atomic E-state index is -0.351. The van der Waals surface area contributed by atoms with Crippen LogP contribution in [0.1, 0.15) is 52.9 Å². The van der Waals surface area contributed by atoms with Crippen molar-refractivity contribution in [3.8, 4) is 0 Å². The predicted molar refractivity (Wildman–Crippen MR) is 61.7 cm³/mol. The molecule has 0 saturated carbocycles. The monoisotopic (exact) mass is 226 g/mol. The Kier molecular flexibility index (Phi) is 4.97. The second-order valence-electron chi connectivity index (χ2n) is 4.88. The third-order valence-corrected chi connectivity index (χ3v) is 3.51. The van der Waals surface area contributed by atoms with E-state index in [1.807, 2.05) is 6.92 Å². The summed E-state index contributed by atoms with van der Waals surface area (Å²) in [6, 6.07) is 0. The van der Waals surface area contributed by atoms with Gasteiger partial charge in [0.15, 0.2) is 0 Å². The van der Waals surface area contributed by atoms with Crippen LogP contribution in [0.4, 0.5) is 0 Å². The summed E-state index contributed by atoms with van der Waals surface area (Å²) in [7, 11) is 0. The van der Waals surface area contributed by atoms with E-state index in [1.54, 1.807) is 6.92 Å². The molecular formula is C13H22O3. The van der Waals surface area contributed by atoms with Crippen molar-refractivity contribution in [1.82, 2.24) is 0 Å². The van der Waals surface area contributed by atoms with Gasteiger partial charge in [-0.15, -0.1) is 0 Å². The molecule has 0 aromatic rings. The lowest BCUT2D eigenvalue weighted by Crippen LogP contribution is -2.22. The maximum atomic E-state index is 11.5. The Morgan fingerprint density at radius 3 is 2.38 bits per heavy atom. The molecule has 0 radical (unpaired) electrons. The SMILES string of the molecule is CCCCCCC(C)C1C(=O)OC(=O)C1C. The highest BCUT2D eigenvalue weighted by molar-refractivity contribution is 5.96. The van der Waals surface area contributed by atoms with Crippen LogP contribution in [0.5, 0.6) is 0 Å². The van der Waals surface area contributed by atoms with Gasteiger partial charge in [0.05, 0.1) is 11.8 Å². The van der Waals surface area contributed by atoms with Crippen molar-refractivity contribution >= 4 is 11.9 Å². The molecule has 0 N–H and O–H groups in total. The fourth-order valence-corrected chi connectivity index (χ4v) is 2.41. The Morgan fingerprint density at radius 1 is 1.19 bits per heavy atom. The molecule has 1 fully saturated rings. The summed E-state index contributed by atoms with van der Waals surface area (Å²) >= 11 is 0. The zero-order valence-electron chi connectivity index (χ0n) is 10.5. The fourth-order valence-electron chi connectivity index (χ4n) is 2.41. The van der Waals surface area contributed by atoms with Gasteiger partial charge in [0.1, 0.15) is 0 Å². The highest BCUT2D eigenvalue weighted by Gasteiger charge is 2.43. The zero-order chi connectivity index (χ0) is 12.1. The van der Waals surface area contributed by atoms with Crippen molar-refractivity contribution in [2.45, 2.75) is 52.9 Å². The first-order chi connectivity index (χ1) is 7.57. The van der Waals surface area contributed by atoms with E-state index in [2.05, 4.69) is 11.7 Å². The number of cyclic esters (lactones) is 2. The van der Waals surface area contributed by atoms with Crippen molar-refractivity contribution in [3.63, 3.8) is 0 Å². The van der Waals surface area contributed by atoms with E-state index in [4.69, 9.17) is 0 Å². The maximum Gasteiger partial charge on any atom is 0.317 e. The van der Waals surface area contributed by atoms with Gasteiger partial charge in [0.25, 0.3) is 0 Å². The minimum Gasteiger partial charge on any atom is -0.393 e. The molecule has 3 heteroatoms. The number of esters is 2. The molecule has 0 spiro atoms. The molecule has 16 heavy (non-hydrogen) atoms.